The number of hydrogen-bond donors (Lipinski definition) is 2. The molecule has 0 aliphatic heterocycles. The maximum Gasteiger partial charge on any atom is 0.199 e. The fourth-order valence-corrected chi connectivity index (χ4v) is 5.22. The SMILES string of the molecule is CCN(CCO)CCCN=C1CC(c2ccc(Cl)c(Cl)c2)Cc2c1c(=O)c1cc(Cl)ccc1n2O. The van der Waals surface area contributed by atoms with E-state index in [4.69, 9.17) is 39.8 Å². The maximum atomic E-state index is 13.6. The summed E-state index contributed by atoms with van der Waals surface area (Å²) in [6.45, 7) is 4.98. The summed E-state index contributed by atoms with van der Waals surface area (Å²) in [5.41, 5.74) is 2.85. The molecule has 2 N–H and O–H groups in total. The van der Waals surface area contributed by atoms with Crippen LogP contribution in [0.25, 0.3) is 10.9 Å². The predicted molar refractivity (Wildman–Crippen MR) is 143 cm³/mol. The summed E-state index contributed by atoms with van der Waals surface area (Å²) < 4.78 is 1.10. The second kappa shape index (κ2) is 11.3. The first-order valence-corrected chi connectivity index (χ1v) is 12.9. The van der Waals surface area contributed by atoms with Crippen molar-refractivity contribution in [2.75, 3.05) is 32.8 Å². The highest BCUT2D eigenvalue weighted by molar-refractivity contribution is 6.42. The summed E-state index contributed by atoms with van der Waals surface area (Å²) in [6, 6.07) is 10.4. The lowest BCUT2D eigenvalue weighted by atomic mass is 9.80. The van der Waals surface area contributed by atoms with Crippen molar-refractivity contribution in [3.63, 3.8) is 0 Å². The van der Waals surface area contributed by atoms with Gasteiger partial charge in [-0.05, 0) is 74.2 Å². The van der Waals surface area contributed by atoms with Gasteiger partial charge in [0, 0.05) is 23.8 Å². The molecule has 4 rings (SSSR count). The molecule has 1 atom stereocenters. The van der Waals surface area contributed by atoms with Crippen LogP contribution in [0, 0.1) is 0 Å². The van der Waals surface area contributed by atoms with Crippen LogP contribution in [-0.2, 0) is 6.42 Å². The predicted octanol–water partition coefficient (Wildman–Crippen LogP) is 5.42. The molecule has 6 nitrogen and oxygen atoms in total. The fraction of sp³-hybridized carbons (Fsp3) is 0.385. The Morgan fingerprint density at radius 1 is 1.09 bits per heavy atom. The fourth-order valence-electron chi connectivity index (χ4n) is 4.74. The summed E-state index contributed by atoms with van der Waals surface area (Å²) in [5, 5.41) is 22.1. The van der Waals surface area contributed by atoms with Gasteiger partial charge in [0.05, 0.1) is 38.8 Å². The van der Waals surface area contributed by atoms with E-state index in [2.05, 4.69) is 11.8 Å². The number of aliphatic imine (C=N–C) groups is 1. The molecule has 1 aliphatic rings. The average molecular weight is 537 g/mol. The number of likely N-dealkylation sites (N-methyl/N-ethyl adjacent to an activating group) is 1. The maximum absolute atomic E-state index is 13.6. The van der Waals surface area contributed by atoms with E-state index in [1.54, 1.807) is 24.3 Å². The number of aromatic nitrogens is 1. The number of nitrogens with zero attached hydrogens (tertiary/aromatic N) is 3. The van der Waals surface area contributed by atoms with Gasteiger partial charge < -0.3 is 15.2 Å². The van der Waals surface area contributed by atoms with Crippen LogP contribution in [-0.4, -0.2) is 58.4 Å². The van der Waals surface area contributed by atoms with E-state index in [-0.39, 0.29) is 18.0 Å². The number of rotatable bonds is 8. The number of fused-ring (bicyclic) bond motifs is 2. The Kier molecular flexibility index (Phi) is 8.40. The van der Waals surface area contributed by atoms with Crippen molar-refractivity contribution in [3.8, 4) is 0 Å². The molecule has 35 heavy (non-hydrogen) atoms. The molecule has 2 aromatic carbocycles. The van der Waals surface area contributed by atoms with Crippen molar-refractivity contribution in [2.45, 2.75) is 32.1 Å². The molecule has 1 heterocycles. The minimum atomic E-state index is -0.176. The molecule has 0 bridgehead atoms. The third-order valence-electron chi connectivity index (χ3n) is 6.58. The zero-order valence-electron chi connectivity index (χ0n) is 19.5. The Labute approximate surface area is 219 Å². The number of hydrogen-bond acceptors (Lipinski definition) is 5. The Hall–Kier alpha value is -2.09. The van der Waals surface area contributed by atoms with E-state index in [9.17, 15) is 15.1 Å². The zero-order valence-corrected chi connectivity index (χ0v) is 21.7. The molecule has 0 spiro atoms. The Bertz CT molecular complexity index is 1320. The topological polar surface area (TPSA) is 78.1 Å². The summed E-state index contributed by atoms with van der Waals surface area (Å²) in [5.74, 6) is -0.0277. The third kappa shape index (κ3) is 5.52. The van der Waals surface area contributed by atoms with Crippen LogP contribution < -0.4 is 5.43 Å². The first-order chi connectivity index (χ1) is 16.8. The zero-order chi connectivity index (χ0) is 25.1. The van der Waals surface area contributed by atoms with E-state index in [0.717, 1.165) is 29.8 Å². The van der Waals surface area contributed by atoms with E-state index in [0.29, 0.717) is 68.9 Å². The van der Waals surface area contributed by atoms with Crippen molar-refractivity contribution in [1.82, 2.24) is 9.63 Å². The lowest BCUT2D eigenvalue weighted by Crippen LogP contribution is -2.31. The smallest absolute Gasteiger partial charge is 0.199 e. The minimum absolute atomic E-state index is 0.0277. The van der Waals surface area contributed by atoms with Crippen molar-refractivity contribution in [1.29, 1.82) is 0 Å². The van der Waals surface area contributed by atoms with Gasteiger partial charge in [0.15, 0.2) is 5.43 Å². The van der Waals surface area contributed by atoms with Crippen LogP contribution in [0.1, 0.15) is 42.5 Å². The number of aliphatic hydroxyl groups excluding tert-OH is 1. The highest BCUT2D eigenvalue weighted by Crippen LogP contribution is 2.36. The number of pyridine rings is 1. The van der Waals surface area contributed by atoms with Crippen LogP contribution >= 0.6 is 34.8 Å². The van der Waals surface area contributed by atoms with Gasteiger partial charge in [0.25, 0.3) is 0 Å². The second-order valence-electron chi connectivity index (χ2n) is 8.74. The van der Waals surface area contributed by atoms with E-state index in [1.807, 2.05) is 12.1 Å². The van der Waals surface area contributed by atoms with Crippen molar-refractivity contribution < 1.29 is 10.3 Å². The highest BCUT2D eigenvalue weighted by Gasteiger charge is 2.31. The first-order valence-electron chi connectivity index (χ1n) is 11.7. The monoisotopic (exact) mass is 535 g/mol. The Morgan fingerprint density at radius 3 is 2.60 bits per heavy atom. The van der Waals surface area contributed by atoms with Crippen LogP contribution in [0.4, 0.5) is 0 Å². The molecule has 3 aromatic rings. The number of halogens is 3. The lowest BCUT2D eigenvalue weighted by molar-refractivity contribution is 0.186. The van der Waals surface area contributed by atoms with Gasteiger partial charge >= 0.3 is 0 Å². The molecular formula is C26H28Cl3N3O3. The standard InChI is InChI=1S/C26H28Cl3N3O3/c1-2-31(10-11-33)9-3-8-30-22-13-17(16-4-6-20(28)21(29)12-16)14-24-25(22)26(34)19-15-18(27)5-7-23(19)32(24)35/h4-7,12,15,17,33,35H,2-3,8-11,13-14H2,1H3. The van der Waals surface area contributed by atoms with Gasteiger partial charge in [-0.1, -0.05) is 47.8 Å². The number of aliphatic hydroxyl groups is 1. The normalized spacial score (nSPS) is 16.9. The molecular weight excluding hydrogens is 509 g/mol. The van der Waals surface area contributed by atoms with Crippen molar-refractivity contribution >= 4 is 51.4 Å². The van der Waals surface area contributed by atoms with Crippen LogP contribution in [0.3, 0.4) is 0 Å². The molecule has 0 amide bonds. The largest absolute Gasteiger partial charge is 0.428 e. The van der Waals surface area contributed by atoms with Crippen molar-refractivity contribution in [2.24, 2.45) is 4.99 Å². The third-order valence-corrected chi connectivity index (χ3v) is 7.56. The molecule has 186 valence electrons. The minimum Gasteiger partial charge on any atom is -0.428 e. The molecule has 1 aromatic heterocycles. The van der Waals surface area contributed by atoms with Crippen molar-refractivity contribution in [3.05, 3.63) is 78.5 Å². The lowest BCUT2D eigenvalue weighted by Gasteiger charge is -2.28. The van der Waals surface area contributed by atoms with Gasteiger partial charge in [0.2, 0.25) is 0 Å². The molecule has 0 fully saturated rings. The summed E-state index contributed by atoms with van der Waals surface area (Å²) in [4.78, 5) is 20.6. The summed E-state index contributed by atoms with van der Waals surface area (Å²) in [6.07, 6.45) is 1.79. The molecule has 1 aliphatic carbocycles. The highest BCUT2D eigenvalue weighted by atomic mass is 35.5. The molecule has 1 unspecified atom stereocenters. The van der Waals surface area contributed by atoms with Crippen LogP contribution in [0.2, 0.25) is 15.1 Å². The van der Waals surface area contributed by atoms with E-state index in [1.165, 1.54) is 0 Å². The first kappa shape index (κ1) is 26.0. The van der Waals surface area contributed by atoms with Crippen LogP contribution in [0.15, 0.2) is 46.2 Å². The van der Waals surface area contributed by atoms with Crippen LogP contribution in [0.5, 0.6) is 0 Å². The van der Waals surface area contributed by atoms with Gasteiger partial charge in [-0.25, -0.2) is 0 Å². The number of benzene rings is 2. The Morgan fingerprint density at radius 2 is 1.89 bits per heavy atom. The van der Waals surface area contributed by atoms with E-state index >= 15 is 0 Å². The molecule has 0 saturated heterocycles. The van der Waals surface area contributed by atoms with Gasteiger partial charge in [-0.3, -0.25) is 9.79 Å². The summed E-state index contributed by atoms with van der Waals surface area (Å²) in [7, 11) is 0. The van der Waals surface area contributed by atoms with Gasteiger partial charge in [0.1, 0.15) is 0 Å². The molecule has 9 heteroatoms. The summed E-state index contributed by atoms with van der Waals surface area (Å²) >= 11 is 18.6. The van der Waals surface area contributed by atoms with Gasteiger partial charge in [-0.15, -0.1) is 0 Å². The Balaban J connectivity index is 1.76. The van der Waals surface area contributed by atoms with Gasteiger partial charge in [-0.2, -0.15) is 4.73 Å². The average Bonchev–Trinajstić information content (AvgIpc) is 2.85. The quantitative estimate of drug-likeness (QED) is 0.298. The van der Waals surface area contributed by atoms with E-state index < -0.39 is 0 Å². The molecule has 0 saturated carbocycles. The molecule has 0 radical (unpaired) electrons. The second-order valence-corrected chi connectivity index (χ2v) is 9.99.